The number of aromatic nitrogens is 4. The van der Waals surface area contributed by atoms with Gasteiger partial charge in [0.05, 0.1) is 21.7 Å². The van der Waals surface area contributed by atoms with Crippen molar-refractivity contribution in [2.75, 3.05) is 5.32 Å². The maximum Gasteiger partial charge on any atom is 0.274 e. The van der Waals surface area contributed by atoms with E-state index in [1.807, 2.05) is 95.3 Å². The molecule has 0 spiro atoms. The van der Waals surface area contributed by atoms with Crippen molar-refractivity contribution < 1.29 is 4.79 Å². The highest BCUT2D eigenvalue weighted by molar-refractivity contribution is 7.09. The molecule has 0 aliphatic heterocycles. The molecular weight excluding hydrogens is 394 g/mol. The molecule has 2 aromatic carbocycles. The first-order chi connectivity index (χ1) is 14.6. The van der Waals surface area contributed by atoms with E-state index in [0.717, 1.165) is 33.0 Å². The van der Waals surface area contributed by atoms with Crippen molar-refractivity contribution in [3.8, 4) is 16.9 Å². The third-order valence-electron chi connectivity index (χ3n) is 4.95. The van der Waals surface area contributed by atoms with E-state index in [2.05, 4.69) is 15.3 Å². The molecule has 148 valence electrons. The molecule has 1 N–H and O–H groups in total. The number of carbonyl (C=O) groups excluding carboxylic acids is 1. The molecule has 0 atom stereocenters. The van der Waals surface area contributed by atoms with Gasteiger partial charge in [-0.2, -0.15) is 0 Å². The first kappa shape index (κ1) is 18.3. The molecule has 5 rings (SSSR count). The number of para-hydroxylation sites is 3. The number of thiazole rings is 1. The normalized spacial score (nSPS) is 11.1. The van der Waals surface area contributed by atoms with E-state index in [9.17, 15) is 4.79 Å². The van der Waals surface area contributed by atoms with Crippen LogP contribution in [0.2, 0.25) is 0 Å². The van der Waals surface area contributed by atoms with E-state index < -0.39 is 0 Å². The summed E-state index contributed by atoms with van der Waals surface area (Å²) in [4.78, 5) is 22.3. The van der Waals surface area contributed by atoms with Crippen LogP contribution in [-0.2, 0) is 7.05 Å². The number of aryl methyl sites for hydroxylation is 2. The minimum absolute atomic E-state index is 0.219. The van der Waals surface area contributed by atoms with Crippen molar-refractivity contribution in [2.24, 2.45) is 7.05 Å². The van der Waals surface area contributed by atoms with Gasteiger partial charge in [-0.05, 0) is 37.3 Å². The molecule has 0 aliphatic rings. The van der Waals surface area contributed by atoms with Crippen LogP contribution < -0.4 is 5.32 Å². The fourth-order valence-corrected chi connectivity index (χ4v) is 4.16. The van der Waals surface area contributed by atoms with Crippen LogP contribution in [0.4, 0.5) is 5.95 Å². The first-order valence-electron chi connectivity index (χ1n) is 9.53. The van der Waals surface area contributed by atoms with E-state index >= 15 is 0 Å². The molecule has 5 aromatic rings. The van der Waals surface area contributed by atoms with Crippen molar-refractivity contribution >= 4 is 34.2 Å². The van der Waals surface area contributed by atoms with Crippen LogP contribution >= 0.6 is 11.3 Å². The van der Waals surface area contributed by atoms with Gasteiger partial charge in [0.15, 0.2) is 0 Å². The third kappa shape index (κ3) is 3.19. The Morgan fingerprint density at radius 1 is 1.03 bits per heavy atom. The fraction of sp³-hybridized carbons (Fsp3) is 0.0870. The molecule has 0 aliphatic carbocycles. The molecule has 0 radical (unpaired) electrons. The van der Waals surface area contributed by atoms with Crippen LogP contribution in [-0.4, -0.2) is 25.0 Å². The van der Waals surface area contributed by atoms with Gasteiger partial charge in [0.2, 0.25) is 5.95 Å². The third-order valence-corrected chi connectivity index (χ3v) is 5.73. The SMILES string of the molecule is Cc1nc(-c2cc(C(=O)Nc3nc4ccccc4n3-c3ccccc3)n(C)c2)cs1. The maximum atomic E-state index is 13.1. The lowest BCUT2D eigenvalue weighted by Gasteiger charge is -2.10. The highest BCUT2D eigenvalue weighted by atomic mass is 32.1. The molecule has 1 amide bonds. The van der Waals surface area contributed by atoms with Gasteiger partial charge in [0.1, 0.15) is 5.69 Å². The van der Waals surface area contributed by atoms with Crippen LogP contribution in [0, 0.1) is 6.92 Å². The van der Waals surface area contributed by atoms with E-state index in [-0.39, 0.29) is 5.91 Å². The quantitative estimate of drug-likeness (QED) is 0.448. The predicted octanol–water partition coefficient (Wildman–Crippen LogP) is 5.05. The number of anilines is 1. The average molecular weight is 414 g/mol. The smallest absolute Gasteiger partial charge is 0.274 e. The summed E-state index contributed by atoms with van der Waals surface area (Å²) >= 11 is 1.59. The van der Waals surface area contributed by atoms with E-state index in [4.69, 9.17) is 0 Å². The van der Waals surface area contributed by atoms with E-state index in [1.165, 1.54) is 0 Å². The van der Waals surface area contributed by atoms with Gasteiger partial charge in [0, 0.05) is 29.9 Å². The zero-order valence-corrected chi connectivity index (χ0v) is 17.4. The molecule has 0 saturated carbocycles. The molecule has 3 heterocycles. The molecule has 3 aromatic heterocycles. The lowest BCUT2D eigenvalue weighted by atomic mass is 10.2. The minimum atomic E-state index is -0.219. The second kappa shape index (κ2) is 7.27. The number of hydrogen-bond acceptors (Lipinski definition) is 4. The summed E-state index contributed by atoms with van der Waals surface area (Å²) in [5.41, 5.74) is 5.04. The van der Waals surface area contributed by atoms with Crippen molar-refractivity contribution in [2.45, 2.75) is 6.92 Å². The monoisotopic (exact) mass is 413 g/mol. The van der Waals surface area contributed by atoms with Gasteiger partial charge in [0.25, 0.3) is 5.91 Å². The summed E-state index contributed by atoms with van der Waals surface area (Å²) in [5, 5.41) is 6.00. The van der Waals surface area contributed by atoms with Gasteiger partial charge in [-0.15, -0.1) is 11.3 Å². The van der Waals surface area contributed by atoms with E-state index in [0.29, 0.717) is 11.6 Å². The number of nitrogens with zero attached hydrogens (tertiary/aromatic N) is 4. The predicted molar refractivity (Wildman–Crippen MR) is 120 cm³/mol. The summed E-state index contributed by atoms with van der Waals surface area (Å²) in [6.07, 6.45) is 1.92. The number of nitrogens with one attached hydrogen (secondary N) is 1. The van der Waals surface area contributed by atoms with Crippen molar-refractivity contribution in [1.82, 2.24) is 19.1 Å². The van der Waals surface area contributed by atoms with Gasteiger partial charge >= 0.3 is 0 Å². The molecule has 0 bridgehead atoms. The Morgan fingerprint density at radius 3 is 2.57 bits per heavy atom. The standard InChI is InChI=1S/C23H19N5OS/c1-15-24-19(14-30-15)16-12-21(27(2)13-16)22(29)26-23-25-18-10-6-7-11-20(18)28(23)17-8-4-3-5-9-17/h3-14H,1-2H3,(H,25,26,29). The topological polar surface area (TPSA) is 64.7 Å². The highest BCUT2D eigenvalue weighted by Gasteiger charge is 2.18. The number of fused-ring (bicyclic) bond motifs is 1. The minimum Gasteiger partial charge on any atom is -0.346 e. The second-order valence-corrected chi connectivity index (χ2v) is 8.09. The number of rotatable bonds is 4. The number of carbonyl (C=O) groups is 1. The molecule has 0 fully saturated rings. The zero-order chi connectivity index (χ0) is 20.7. The lowest BCUT2D eigenvalue weighted by Crippen LogP contribution is -2.18. The van der Waals surface area contributed by atoms with E-state index in [1.54, 1.807) is 11.3 Å². The van der Waals surface area contributed by atoms with Crippen LogP contribution in [0.25, 0.3) is 28.0 Å². The van der Waals surface area contributed by atoms with Gasteiger partial charge in [-0.3, -0.25) is 14.7 Å². The Morgan fingerprint density at radius 2 is 1.80 bits per heavy atom. The molecule has 30 heavy (non-hydrogen) atoms. The molecule has 0 unspecified atom stereocenters. The van der Waals surface area contributed by atoms with Gasteiger partial charge in [-0.25, -0.2) is 9.97 Å². The van der Waals surface area contributed by atoms with Crippen molar-refractivity contribution in [3.05, 3.63) is 82.9 Å². The summed E-state index contributed by atoms with van der Waals surface area (Å²) in [5.74, 6) is 0.267. The van der Waals surface area contributed by atoms with Crippen LogP contribution in [0.5, 0.6) is 0 Å². The van der Waals surface area contributed by atoms with Gasteiger partial charge in [-0.1, -0.05) is 30.3 Å². The van der Waals surface area contributed by atoms with Crippen molar-refractivity contribution in [3.63, 3.8) is 0 Å². The second-order valence-electron chi connectivity index (χ2n) is 7.03. The summed E-state index contributed by atoms with van der Waals surface area (Å²) in [6, 6.07) is 19.6. The first-order valence-corrected chi connectivity index (χ1v) is 10.4. The maximum absolute atomic E-state index is 13.1. The summed E-state index contributed by atoms with van der Waals surface area (Å²) in [7, 11) is 1.86. The van der Waals surface area contributed by atoms with Crippen LogP contribution in [0.15, 0.2) is 72.2 Å². The number of benzene rings is 2. The zero-order valence-electron chi connectivity index (χ0n) is 16.5. The van der Waals surface area contributed by atoms with Crippen LogP contribution in [0.3, 0.4) is 0 Å². The Bertz CT molecular complexity index is 1360. The number of amides is 1. The van der Waals surface area contributed by atoms with Crippen LogP contribution in [0.1, 0.15) is 15.5 Å². The van der Waals surface area contributed by atoms with Crippen molar-refractivity contribution in [1.29, 1.82) is 0 Å². The number of imidazole rings is 1. The molecule has 7 heteroatoms. The summed E-state index contributed by atoms with van der Waals surface area (Å²) < 4.78 is 3.77. The lowest BCUT2D eigenvalue weighted by molar-refractivity contribution is 0.101. The Labute approximate surface area is 177 Å². The largest absolute Gasteiger partial charge is 0.346 e. The molecule has 6 nitrogen and oxygen atoms in total. The Hall–Kier alpha value is -3.71. The molecular formula is C23H19N5OS. The average Bonchev–Trinajstić information content (AvgIpc) is 3.45. The number of hydrogen-bond donors (Lipinski definition) is 1. The Kier molecular flexibility index (Phi) is 4.44. The summed E-state index contributed by atoms with van der Waals surface area (Å²) in [6.45, 7) is 1.97. The molecule has 0 saturated heterocycles. The highest BCUT2D eigenvalue weighted by Crippen LogP contribution is 2.27. The van der Waals surface area contributed by atoms with Gasteiger partial charge < -0.3 is 4.57 Å². The Balaban J connectivity index is 1.54. The fourth-order valence-electron chi connectivity index (χ4n) is 3.54.